The number of nitrogens with one attached hydrogen (secondary N) is 1. The third kappa shape index (κ3) is 4.69. The monoisotopic (exact) mass is 415 g/mol. The highest BCUT2D eigenvalue weighted by Gasteiger charge is 2.23. The molecule has 1 fully saturated rings. The normalized spacial score (nSPS) is 14.8. The van der Waals surface area contributed by atoms with Crippen molar-refractivity contribution in [1.29, 1.82) is 0 Å². The van der Waals surface area contributed by atoms with Crippen LogP contribution in [0.2, 0.25) is 5.02 Å². The summed E-state index contributed by atoms with van der Waals surface area (Å²) in [5, 5.41) is 15.3. The van der Waals surface area contributed by atoms with Gasteiger partial charge in [0.1, 0.15) is 5.82 Å². The van der Waals surface area contributed by atoms with Crippen molar-refractivity contribution in [3.05, 3.63) is 65.2 Å². The number of piperazine rings is 1. The van der Waals surface area contributed by atoms with E-state index in [1.165, 1.54) is 12.1 Å². The van der Waals surface area contributed by atoms with Crippen molar-refractivity contribution in [1.82, 2.24) is 30.0 Å². The molecular formula is C19H19ClFN7O. The van der Waals surface area contributed by atoms with Crippen LogP contribution in [0.25, 0.3) is 5.69 Å². The molecule has 4 rings (SSSR count). The van der Waals surface area contributed by atoms with E-state index in [1.807, 2.05) is 0 Å². The van der Waals surface area contributed by atoms with Crippen LogP contribution in [0, 0.1) is 5.82 Å². The number of amides is 2. The minimum atomic E-state index is -0.310. The lowest BCUT2D eigenvalue weighted by atomic mass is 10.3. The fourth-order valence-electron chi connectivity index (χ4n) is 3.17. The molecule has 3 aromatic rings. The number of halogens is 2. The second-order valence-electron chi connectivity index (χ2n) is 6.69. The summed E-state index contributed by atoms with van der Waals surface area (Å²) in [6.07, 6.45) is 0. The van der Waals surface area contributed by atoms with Crippen molar-refractivity contribution in [3.63, 3.8) is 0 Å². The summed E-state index contributed by atoms with van der Waals surface area (Å²) in [5.74, 6) is 0.351. The van der Waals surface area contributed by atoms with Crippen LogP contribution in [0.15, 0.2) is 48.5 Å². The number of anilines is 1. The zero-order chi connectivity index (χ0) is 20.2. The van der Waals surface area contributed by atoms with Crippen molar-refractivity contribution in [2.75, 3.05) is 31.5 Å². The maximum atomic E-state index is 13.1. The zero-order valence-electron chi connectivity index (χ0n) is 15.5. The molecule has 8 nitrogen and oxygen atoms in total. The Morgan fingerprint density at radius 2 is 1.86 bits per heavy atom. The number of carbonyl (C=O) groups is 1. The lowest BCUT2D eigenvalue weighted by molar-refractivity contribution is 0.140. The fourth-order valence-corrected chi connectivity index (χ4v) is 3.36. The summed E-state index contributed by atoms with van der Waals surface area (Å²) in [6, 6.07) is 12.9. The fraction of sp³-hybridized carbons (Fsp3) is 0.263. The predicted molar refractivity (Wildman–Crippen MR) is 106 cm³/mol. The molecule has 1 aliphatic heterocycles. The van der Waals surface area contributed by atoms with E-state index < -0.39 is 0 Å². The van der Waals surface area contributed by atoms with Crippen molar-refractivity contribution >= 4 is 23.3 Å². The molecule has 2 aromatic carbocycles. The highest BCUT2D eigenvalue weighted by Crippen LogP contribution is 2.16. The number of nitrogens with zero attached hydrogens (tertiary/aromatic N) is 6. The molecule has 0 atom stereocenters. The molecule has 0 radical (unpaired) electrons. The van der Waals surface area contributed by atoms with Crippen LogP contribution in [0.5, 0.6) is 0 Å². The van der Waals surface area contributed by atoms with Crippen LogP contribution >= 0.6 is 11.6 Å². The summed E-state index contributed by atoms with van der Waals surface area (Å²) in [7, 11) is 0. The van der Waals surface area contributed by atoms with Gasteiger partial charge in [-0.05, 0) is 52.9 Å². The highest BCUT2D eigenvalue weighted by molar-refractivity contribution is 6.30. The number of carbonyl (C=O) groups excluding carboxylic acids is 1. The van der Waals surface area contributed by atoms with Gasteiger partial charge < -0.3 is 10.2 Å². The van der Waals surface area contributed by atoms with E-state index >= 15 is 0 Å². The van der Waals surface area contributed by atoms with E-state index in [0.717, 1.165) is 0 Å². The number of rotatable bonds is 4. The molecule has 0 unspecified atom stereocenters. The van der Waals surface area contributed by atoms with Crippen molar-refractivity contribution < 1.29 is 9.18 Å². The average molecular weight is 416 g/mol. The summed E-state index contributed by atoms with van der Waals surface area (Å²) in [5.41, 5.74) is 1.37. The van der Waals surface area contributed by atoms with Gasteiger partial charge in [0, 0.05) is 36.9 Å². The first kappa shape index (κ1) is 19.3. The number of hydrogen-bond donors (Lipinski definition) is 1. The minimum absolute atomic E-state index is 0.150. The Morgan fingerprint density at radius 1 is 1.10 bits per heavy atom. The smallest absolute Gasteiger partial charge is 0.321 e. The second kappa shape index (κ2) is 8.54. The Labute approximate surface area is 171 Å². The van der Waals surface area contributed by atoms with Gasteiger partial charge in [-0.2, -0.15) is 4.68 Å². The molecule has 1 aromatic heterocycles. The third-order valence-corrected chi connectivity index (χ3v) is 4.94. The van der Waals surface area contributed by atoms with Crippen LogP contribution in [-0.4, -0.2) is 62.2 Å². The SMILES string of the molecule is O=C(Nc1cccc(Cl)c1)N1CCN(Cc2nnnn2-c2ccc(F)cc2)CC1. The predicted octanol–water partition coefficient (Wildman–Crippen LogP) is 2.80. The minimum Gasteiger partial charge on any atom is -0.322 e. The topological polar surface area (TPSA) is 79.2 Å². The van der Waals surface area contributed by atoms with Gasteiger partial charge in [0.15, 0.2) is 5.82 Å². The van der Waals surface area contributed by atoms with E-state index in [9.17, 15) is 9.18 Å². The summed E-state index contributed by atoms with van der Waals surface area (Å²) >= 11 is 5.96. The Morgan fingerprint density at radius 3 is 2.59 bits per heavy atom. The van der Waals surface area contributed by atoms with Crippen LogP contribution in [-0.2, 0) is 6.54 Å². The number of aromatic nitrogens is 4. The van der Waals surface area contributed by atoms with Crippen LogP contribution in [0.3, 0.4) is 0 Å². The maximum Gasteiger partial charge on any atom is 0.321 e. The van der Waals surface area contributed by atoms with E-state index in [1.54, 1.807) is 46.0 Å². The molecule has 1 aliphatic rings. The van der Waals surface area contributed by atoms with E-state index in [-0.39, 0.29) is 11.8 Å². The zero-order valence-corrected chi connectivity index (χ0v) is 16.3. The quantitative estimate of drug-likeness (QED) is 0.708. The maximum absolute atomic E-state index is 13.1. The molecule has 2 heterocycles. The largest absolute Gasteiger partial charge is 0.322 e. The van der Waals surface area contributed by atoms with Gasteiger partial charge in [0.25, 0.3) is 0 Å². The summed E-state index contributed by atoms with van der Waals surface area (Å²) in [4.78, 5) is 16.4. The van der Waals surface area contributed by atoms with Gasteiger partial charge in [0.2, 0.25) is 0 Å². The van der Waals surface area contributed by atoms with Gasteiger partial charge in [-0.3, -0.25) is 4.90 Å². The van der Waals surface area contributed by atoms with E-state index in [4.69, 9.17) is 11.6 Å². The van der Waals surface area contributed by atoms with Crippen molar-refractivity contribution in [3.8, 4) is 5.69 Å². The van der Waals surface area contributed by atoms with Crippen LogP contribution in [0.4, 0.5) is 14.9 Å². The molecule has 10 heteroatoms. The van der Waals surface area contributed by atoms with E-state index in [2.05, 4.69) is 25.7 Å². The Bertz CT molecular complexity index is 986. The molecule has 0 saturated carbocycles. The van der Waals surface area contributed by atoms with Crippen LogP contribution < -0.4 is 5.32 Å². The molecule has 29 heavy (non-hydrogen) atoms. The molecule has 0 bridgehead atoms. The molecule has 1 saturated heterocycles. The standard InChI is InChI=1S/C19H19ClFN7O/c20-14-2-1-3-16(12-14)22-19(29)27-10-8-26(9-11-27)13-18-23-24-25-28(18)17-6-4-15(21)5-7-17/h1-7,12H,8-11,13H2,(H,22,29). The Balaban J connectivity index is 1.33. The molecular weight excluding hydrogens is 397 g/mol. The number of hydrogen-bond acceptors (Lipinski definition) is 5. The third-order valence-electron chi connectivity index (χ3n) is 4.71. The molecule has 0 spiro atoms. The van der Waals surface area contributed by atoms with Crippen molar-refractivity contribution in [2.24, 2.45) is 0 Å². The summed E-state index contributed by atoms with van der Waals surface area (Å²) in [6.45, 7) is 3.10. The van der Waals surface area contributed by atoms with Gasteiger partial charge in [-0.25, -0.2) is 9.18 Å². The molecule has 2 amide bonds. The average Bonchev–Trinajstić information content (AvgIpc) is 3.17. The lowest BCUT2D eigenvalue weighted by Gasteiger charge is -2.34. The van der Waals surface area contributed by atoms with Gasteiger partial charge in [0.05, 0.1) is 12.2 Å². The molecule has 150 valence electrons. The van der Waals surface area contributed by atoms with Gasteiger partial charge in [-0.1, -0.05) is 17.7 Å². The lowest BCUT2D eigenvalue weighted by Crippen LogP contribution is -2.49. The molecule has 1 N–H and O–H groups in total. The number of tetrazole rings is 1. The first-order chi connectivity index (χ1) is 14.1. The second-order valence-corrected chi connectivity index (χ2v) is 7.12. The summed E-state index contributed by atoms with van der Waals surface area (Å²) < 4.78 is 14.7. The Kier molecular flexibility index (Phi) is 5.68. The van der Waals surface area contributed by atoms with Crippen molar-refractivity contribution in [2.45, 2.75) is 6.54 Å². The first-order valence-electron chi connectivity index (χ1n) is 9.15. The highest BCUT2D eigenvalue weighted by atomic mass is 35.5. The van der Waals surface area contributed by atoms with Crippen LogP contribution in [0.1, 0.15) is 5.82 Å². The number of urea groups is 1. The number of benzene rings is 2. The molecule has 0 aliphatic carbocycles. The van der Waals surface area contributed by atoms with Gasteiger partial charge in [-0.15, -0.1) is 5.10 Å². The first-order valence-corrected chi connectivity index (χ1v) is 9.53. The Hall–Kier alpha value is -3.04. The van der Waals surface area contributed by atoms with Gasteiger partial charge >= 0.3 is 6.03 Å². The van der Waals surface area contributed by atoms with E-state index in [0.29, 0.717) is 54.9 Å².